The molecule has 1 atom stereocenters. The molecule has 3 heterocycles. The van der Waals surface area contributed by atoms with E-state index in [0.717, 1.165) is 10.7 Å². The Balaban J connectivity index is 1.35. The second-order valence-electron chi connectivity index (χ2n) is 7.33. The van der Waals surface area contributed by atoms with Gasteiger partial charge in [-0.15, -0.1) is 11.8 Å². The van der Waals surface area contributed by atoms with Gasteiger partial charge < -0.3 is 14.5 Å². The van der Waals surface area contributed by atoms with Crippen LogP contribution in [-0.4, -0.2) is 70.6 Å². The van der Waals surface area contributed by atoms with Crippen LogP contribution in [0.4, 0.5) is 5.82 Å². The van der Waals surface area contributed by atoms with Crippen molar-refractivity contribution in [2.24, 2.45) is 0 Å². The number of hydrogen-bond acceptors (Lipinski definition) is 8. The van der Waals surface area contributed by atoms with Crippen molar-refractivity contribution in [1.29, 1.82) is 5.26 Å². The normalized spacial score (nSPS) is 14.9. The number of ether oxygens (including phenoxy) is 1. The standard InChI is InChI=1S/C21H26N6O3S/c1-15(31-18-13-24-25-21(29)16(18)2)14-30-10-5-20(28)27-8-6-26(7-9-27)19-4-3-17(11-22)12-23-19/h3-4,12-13,15H,5-10,14H2,1-2H3,(H,25,29)/t15-/m0/s1. The highest BCUT2D eigenvalue weighted by Gasteiger charge is 2.21. The molecule has 1 fully saturated rings. The summed E-state index contributed by atoms with van der Waals surface area (Å²) < 4.78 is 5.69. The lowest BCUT2D eigenvalue weighted by Crippen LogP contribution is -2.49. The van der Waals surface area contributed by atoms with E-state index in [-0.39, 0.29) is 16.7 Å². The number of nitrogens with zero attached hydrogens (tertiary/aromatic N) is 5. The van der Waals surface area contributed by atoms with Gasteiger partial charge in [0.2, 0.25) is 5.91 Å². The number of nitriles is 1. The Labute approximate surface area is 185 Å². The Bertz CT molecular complexity index is 980. The number of aromatic nitrogens is 3. The fourth-order valence-corrected chi connectivity index (χ4v) is 4.18. The van der Waals surface area contributed by atoms with Crippen molar-refractivity contribution in [1.82, 2.24) is 20.1 Å². The number of hydrogen-bond donors (Lipinski definition) is 1. The van der Waals surface area contributed by atoms with E-state index in [9.17, 15) is 9.59 Å². The molecule has 1 aliphatic rings. The predicted molar refractivity (Wildman–Crippen MR) is 118 cm³/mol. The molecule has 0 aliphatic carbocycles. The lowest BCUT2D eigenvalue weighted by molar-refractivity contribution is -0.132. The molecule has 0 aromatic carbocycles. The molecule has 2 aromatic heterocycles. The van der Waals surface area contributed by atoms with Gasteiger partial charge in [-0.3, -0.25) is 9.59 Å². The summed E-state index contributed by atoms with van der Waals surface area (Å²) in [5.41, 5.74) is 1.01. The molecule has 0 spiro atoms. The van der Waals surface area contributed by atoms with E-state index in [1.54, 1.807) is 25.4 Å². The molecule has 164 valence electrons. The second kappa shape index (κ2) is 10.9. The summed E-state index contributed by atoms with van der Waals surface area (Å²) in [5.74, 6) is 0.911. The molecule has 31 heavy (non-hydrogen) atoms. The third-order valence-electron chi connectivity index (χ3n) is 5.03. The molecule has 0 bridgehead atoms. The zero-order chi connectivity index (χ0) is 22.2. The van der Waals surface area contributed by atoms with Gasteiger partial charge in [0.25, 0.3) is 5.56 Å². The fraction of sp³-hybridized carbons (Fsp3) is 0.476. The average Bonchev–Trinajstić information content (AvgIpc) is 2.80. The van der Waals surface area contributed by atoms with Crippen molar-refractivity contribution in [2.75, 3.05) is 44.3 Å². The van der Waals surface area contributed by atoms with E-state index >= 15 is 0 Å². The monoisotopic (exact) mass is 442 g/mol. The van der Waals surface area contributed by atoms with Crippen LogP contribution in [0.25, 0.3) is 0 Å². The Morgan fingerprint density at radius 1 is 1.32 bits per heavy atom. The zero-order valence-corrected chi connectivity index (χ0v) is 18.5. The number of carbonyl (C=O) groups is 1. The van der Waals surface area contributed by atoms with Crippen molar-refractivity contribution in [3.63, 3.8) is 0 Å². The first kappa shape index (κ1) is 22.8. The molecular formula is C21H26N6O3S. The van der Waals surface area contributed by atoms with Crippen molar-refractivity contribution in [3.05, 3.63) is 46.0 Å². The van der Waals surface area contributed by atoms with Gasteiger partial charge in [-0.2, -0.15) is 10.4 Å². The molecule has 3 rings (SSSR count). The van der Waals surface area contributed by atoms with Gasteiger partial charge in [-0.25, -0.2) is 10.1 Å². The minimum Gasteiger partial charge on any atom is -0.380 e. The third-order valence-corrected chi connectivity index (χ3v) is 6.24. The first-order chi connectivity index (χ1) is 15.0. The summed E-state index contributed by atoms with van der Waals surface area (Å²) in [6.07, 6.45) is 3.56. The molecule has 2 aromatic rings. The summed E-state index contributed by atoms with van der Waals surface area (Å²) in [7, 11) is 0. The first-order valence-corrected chi connectivity index (χ1v) is 11.0. The molecule has 10 heteroatoms. The number of anilines is 1. The molecule has 1 amide bonds. The topological polar surface area (TPSA) is 115 Å². The first-order valence-electron chi connectivity index (χ1n) is 10.2. The van der Waals surface area contributed by atoms with Gasteiger partial charge in [0.15, 0.2) is 0 Å². The number of H-pyrrole nitrogens is 1. The van der Waals surface area contributed by atoms with Crippen LogP contribution in [-0.2, 0) is 9.53 Å². The quantitative estimate of drug-likeness (QED) is 0.484. The van der Waals surface area contributed by atoms with Gasteiger partial charge in [0.05, 0.1) is 31.4 Å². The summed E-state index contributed by atoms with van der Waals surface area (Å²) in [5, 5.41) is 15.3. The maximum Gasteiger partial charge on any atom is 0.268 e. The number of rotatable bonds is 8. The maximum absolute atomic E-state index is 12.5. The summed E-state index contributed by atoms with van der Waals surface area (Å²) in [6.45, 7) is 7.35. The van der Waals surface area contributed by atoms with Crippen molar-refractivity contribution < 1.29 is 9.53 Å². The average molecular weight is 443 g/mol. The number of piperazine rings is 1. The van der Waals surface area contributed by atoms with Crippen LogP contribution >= 0.6 is 11.8 Å². The number of thioether (sulfide) groups is 1. The van der Waals surface area contributed by atoms with Crippen molar-refractivity contribution >= 4 is 23.5 Å². The number of amides is 1. The van der Waals surface area contributed by atoms with E-state index in [4.69, 9.17) is 10.00 Å². The zero-order valence-electron chi connectivity index (χ0n) is 17.7. The Morgan fingerprint density at radius 3 is 2.77 bits per heavy atom. The summed E-state index contributed by atoms with van der Waals surface area (Å²) >= 11 is 1.54. The fourth-order valence-electron chi connectivity index (χ4n) is 3.20. The SMILES string of the molecule is Cc1c(S[C@@H](C)COCCC(=O)N2CCN(c3ccc(C#N)cn3)CC2)cn[nH]c1=O. The van der Waals surface area contributed by atoms with E-state index < -0.39 is 0 Å². The number of aromatic amines is 1. The van der Waals surface area contributed by atoms with Crippen molar-refractivity contribution in [2.45, 2.75) is 30.4 Å². The van der Waals surface area contributed by atoms with Crippen LogP contribution in [0, 0.1) is 18.3 Å². The minimum atomic E-state index is -0.182. The van der Waals surface area contributed by atoms with Gasteiger partial charge in [0.1, 0.15) is 11.9 Å². The number of pyridine rings is 1. The molecule has 1 aliphatic heterocycles. The molecule has 1 N–H and O–H groups in total. The number of nitrogens with one attached hydrogen (secondary N) is 1. The van der Waals surface area contributed by atoms with Crippen molar-refractivity contribution in [3.8, 4) is 6.07 Å². The number of carbonyl (C=O) groups excluding carboxylic acids is 1. The third kappa shape index (κ3) is 6.29. The van der Waals surface area contributed by atoms with E-state index in [2.05, 4.69) is 26.2 Å². The van der Waals surface area contributed by atoms with Crippen LogP contribution in [0.1, 0.15) is 24.5 Å². The van der Waals surface area contributed by atoms with Gasteiger partial charge in [-0.1, -0.05) is 6.92 Å². The Kier molecular flexibility index (Phi) is 8.03. The molecule has 0 saturated carbocycles. The lowest BCUT2D eigenvalue weighted by atomic mass is 10.2. The second-order valence-corrected chi connectivity index (χ2v) is 8.81. The van der Waals surface area contributed by atoms with Gasteiger partial charge in [-0.05, 0) is 19.1 Å². The van der Waals surface area contributed by atoms with Gasteiger partial charge in [0, 0.05) is 48.1 Å². The predicted octanol–water partition coefficient (Wildman–Crippen LogP) is 1.58. The Hall–Kier alpha value is -2.90. The van der Waals surface area contributed by atoms with E-state index in [1.165, 1.54) is 11.8 Å². The van der Waals surface area contributed by atoms with E-state index in [1.807, 2.05) is 17.9 Å². The molecule has 1 saturated heterocycles. The Morgan fingerprint density at radius 2 is 2.10 bits per heavy atom. The molecule has 0 radical (unpaired) electrons. The molecular weight excluding hydrogens is 416 g/mol. The maximum atomic E-state index is 12.5. The molecule has 0 unspecified atom stereocenters. The van der Waals surface area contributed by atoms with E-state index in [0.29, 0.717) is 56.9 Å². The van der Waals surface area contributed by atoms with Crippen LogP contribution in [0.5, 0.6) is 0 Å². The highest BCUT2D eigenvalue weighted by atomic mass is 32.2. The largest absolute Gasteiger partial charge is 0.380 e. The van der Waals surface area contributed by atoms with Crippen LogP contribution < -0.4 is 10.5 Å². The highest BCUT2D eigenvalue weighted by molar-refractivity contribution is 8.00. The minimum absolute atomic E-state index is 0.0855. The lowest BCUT2D eigenvalue weighted by Gasteiger charge is -2.35. The molecule has 9 nitrogen and oxygen atoms in total. The summed E-state index contributed by atoms with van der Waals surface area (Å²) in [6, 6.07) is 5.66. The van der Waals surface area contributed by atoms with Crippen LogP contribution in [0.15, 0.2) is 34.2 Å². The summed E-state index contributed by atoms with van der Waals surface area (Å²) in [4.78, 5) is 33.2. The van der Waals surface area contributed by atoms with Crippen LogP contribution in [0.3, 0.4) is 0 Å². The van der Waals surface area contributed by atoms with Gasteiger partial charge >= 0.3 is 0 Å². The highest BCUT2D eigenvalue weighted by Crippen LogP contribution is 2.23. The smallest absolute Gasteiger partial charge is 0.268 e. The van der Waals surface area contributed by atoms with Crippen LogP contribution in [0.2, 0.25) is 0 Å².